The molecule has 0 heterocycles. The molecule has 2 nitrogen and oxygen atoms in total. The smallest absolute Gasteiger partial charge is 0.168 e. The Hall–Kier alpha value is -1.05. The van der Waals surface area contributed by atoms with Crippen LogP contribution in [0.3, 0.4) is 0 Å². The summed E-state index contributed by atoms with van der Waals surface area (Å²) in [6, 6.07) is 0. The monoisotopic (exact) mass is 166 g/mol. The molecule has 0 N–H and O–H groups in total. The van der Waals surface area contributed by atoms with Gasteiger partial charge in [-0.2, -0.15) is 0 Å². The van der Waals surface area contributed by atoms with Crippen LogP contribution >= 0.6 is 0 Å². The largest absolute Gasteiger partial charge is 0.497 e. The molecule has 0 aromatic heterocycles. The zero-order valence-corrected chi connectivity index (χ0v) is 7.97. The Labute approximate surface area is 72.9 Å². The second-order valence-corrected chi connectivity index (χ2v) is 3.63. The van der Waals surface area contributed by atoms with Gasteiger partial charge in [-0.05, 0) is 38.5 Å². The Kier molecular flexibility index (Phi) is 2.09. The van der Waals surface area contributed by atoms with E-state index in [0.717, 1.165) is 11.3 Å². The molecule has 0 spiro atoms. The zero-order chi connectivity index (χ0) is 9.35. The minimum absolute atomic E-state index is 0.170. The molecule has 0 bridgehead atoms. The van der Waals surface area contributed by atoms with Gasteiger partial charge in [-0.3, -0.25) is 4.79 Å². The molecule has 1 rings (SSSR count). The Bertz CT molecular complexity index is 270. The first-order chi connectivity index (χ1) is 5.47. The Morgan fingerprint density at radius 2 is 2.00 bits per heavy atom. The minimum atomic E-state index is -0.413. The van der Waals surface area contributed by atoms with Crippen molar-refractivity contribution < 1.29 is 9.53 Å². The first-order valence-corrected chi connectivity index (χ1v) is 3.97. The molecule has 0 saturated heterocycles. The van der Waals surface area contributed by atoms with Crippen molar-refractivity contribution in [2.45, 2.75) is 20.8 Å². The second-order valence-electron chi connectivity index (χ2n) is 3.63. The molecule has 0 aromatic rings. The van der Waals surface area contributed by atoms with Gasteiger partial charge in [0.05, 0.1) is 7.11 Å². The highest BCUT2D eigenvalue weighted by atomic mass is 16.5. The van der Waals surface area contributed by atoms with Crippen molar-refractivity contribution in [3.8, 4) is 0 Å². The summed E-state index contributed by atoms with van der Waals surface area (Å²) in [7, 11) is 1.61. The van der Waals surface area contributed by atoms with E-state index in [1.807, 2.05) is 26.8 Å². The summed E-state index contributed by atoms with van der Waals surface area (Å²) in [5, 5.41) is 0. The van der Waals surface area contributed by atoms with Crippen LogP contribution in [-0.2, 0) is 9.53 Å². The molecule has 0 radical (unpaired) electrons. The highest BCUT2D eigenvalue weighted by Crippen LogP contribution is 2.29. The van der Waals surface area contributed by atoms with Crippen LogP contribution in [0.5, 0.6) is 0 Å². The number of allylic oxidation sites excluding steroid dienone is 3. The first kappa shape index (κ1) is 9.04. The summed E-state index contributed by atoms with van der Waals surface area (Å²) >= 11 is 0. The summed E-state index contributed by atoms with van der Waals surface area (Å²) in [5.41, 5.74) is 0.351. The molecule has 2 heteroatoms. The maximum Gasteiger partial charge on any atom is 0.168 e. The molecule has 0 unspecified atom stereocenters. The fraction of sp³-hybridized carbons (Fsp3) is 0.500. The predicted octanol–water partition coefficient (Wildman–Crippen LogP) is 2.07. The molecule has 0 amide bonds. The normalized spacial score (nSPS) is 21.5. The summed E-state index contributed by atoms with van der Waals surface area (Å²) in [5.74, 6) is 0.945. The van der Waals surface area contributed by atoms with Crippen LogP contribution in [0.2, 0.25) is 0 Å². The molecule has 1 aliphatic rings. The van der Waals surface area contributed by atoms with Gasteiger partial charge in [0, 0.05) is 5.41 Å². The Morgan fingerprint density at radius 3 is 2.42 bits per heavy atom. The number of rotatable bonds is 1. The number of carbonyl (C=O) groups excluding carboxylic acids is 1. The van der Waals surface area contributed by atoms with E-state index in [2.05, 4.69) is 0 Å². The van der Waals surface area contributed by atoms with Crippen molar-refractivity contribution in [1.82, 2.24) is 0 Å². The van der Waals surface area contributed by atoms with Crippen LogP contribution in [-0.4, -0.2) is 12.9 Å². The minimum Gasteiger partial charge on any atom is -0.497 e. The van der Waals surface area contributed by atoms with E-state index in [1.165, 1.54) is 0 Å². The zero-order valence-electron chi connectivity index (χ0n) is 7.97. The Morgan fingerprint density at radius 1 is 1.42 bits per heavy atom. The van der Waals surface area contributed by atoms with Crippen molar-refractivity contribution >= 4 is 5.78 Å². The van der Waals surface area contributed by atoms with E-state index in [4.69, 9.17) is 4.74 Å². The second kappa shape index (κ2) is 2.77. The molecule has 0 aliphatic heterocycles. The van der Waals surface area contributed by atoms with Crippen molar-refractivity contribution in [2.75, 3.05) is 7.11 Å². The quantitative estimate of drug-likeness (QED) is 0.596. The lowest BCUT2D eigenvalue weighted by atomic mass is 9.80. The van der Waals surface area contributed by atoms with Crippen LogP contribution in [0.1, 0.15) is 20.8 Å². The number of hydrogen-bond donors (Lipinski definition) is 0. The van der Waals surface area contributed by atoms with Gasteiger partial charge in [-0.15, -0.1) is 0 Å². The van der Waals surface area contributed by atoms with Crippen LogP contribution in [0, 0.1) is 5.41 Å². The van der Waals surface area contributed by atoms with Gasteiger partial charge in [0.15, 0.2) is 5.78 Å². The van der Waals surface area contributed by atoms with Gasteiger partial charge in [0.25, 0.3) is 0 Å². The Balaban J connectivity index is 3.07. The van der Waals surface area contributed by atoms with Crippen LogP contribution in [0.15, 0.2) is 23.5 Å². The average Bonchev–Trinajstić information content (AvgIpc) is 1.99. The van der Waals surface area contributed by atoms with Crippen LogP contribution in [0.25, 0.3) is 0 Å². The third-order valence-electron chi connectivity index (χ3n) is 2.04. The molecule has 0 atom stereocenters. The van der Waals surface area contributed by atoms with Crippen LogP contribution in [0.4, 0.5) is 0 Å². The molecule has 0 fully saturated rings. The van der Waals surface area contributed by atoms with E-state index < -0.39 is 5.41 Å². The highest BCUT2D eigenvalue weighted by molar-refractivity contribution is 6.01. The number of ketones is 1. The number of hydrogen-bond acceptors (Lipinski definition) is 2. The first-order valence-electron chi connectivity index (χ1n) is 3.97. The maximum absolute atomic E-state index is 11.5. The van der Waals surface area contributed by atoms with E-state index >= 15 is 0 Å². The summed E-state index contributed by atoms with van der Waals surface area (Å²) in [6.45, 7) is 5.60. The molecule has 1 aliphatic carbocycles. The highest BCUT2D eigenvalue weighted by Gasteiger charge is 2.30. The summed E-state index contributed by atoms with van der Waals surface area (Å²) in [6.07, 6.45) is 3.62. The van der Waals surface area contributed by atoms with Gasteiger partial charge < -0.3 is 4.74 Å². The average molecular weight is 166 g/mol. The third-order valence-corrected chi connectivity index (χ3v) is 2.04. The molecule has 66 valence electrons. The molecular weight excluding hydrogens is 152 g/mol. The van der Waals surface area contributed by atoms with E-state index in [0.29, 0.717) is 0 Å². The summed E-state index contributed by atoms with van der Waals surface area (Å²) in [4.78, 5) is 11.5. The topological polar surface area (TPSA) is 26.3 Å². The lowest BCUT2D eigenvalue weighted by Gasteiger charge is -2.24. The van der Waals surface area contributed by atoms with Gasteiger partial charge >= 0.3 is 0 Å². The standard InChI is InChI=1S/C10H14O2/c1-7-5-8(12-4)6-10(2,3)9(7)11/h5-6H,1-4H3. The predicted molar refractivity (Wildman–Crippen MR) is 47.6 cm³/mol. The maximum atomic E-state index is 11.5. The fourth-order valence-electron chi connectivity index (χ4n) is 1.37. The number of ether oxygens (including phenoxy) is 1. The SMILES string of the molecule is COC1=CC(C)(C)C(=O)C(C)=C1. The van der Waals surface area contributed by atoms with Gasteiger partial charge in [-0.25, -0.2) is 0 Å². The molecule has 0 saturated carbocycles. The van der Waals surface area contributed by atoms with Crippen molar-refractivity contribution in [2.24, 2.45) is 5.41 Å². The summed E-state index contributed by atoms with van der Waals surface area (Å²) < 4.78 is 5.08. The van der Waals surface area contributed by atoms with Gasteiger partial charge in [-0.1, -0.05) is 0 Å². The third kappa shape index (κ3) is 1.42. The van der Waals surface area contributed by atoms with E-state index in [1.54, 1.807) is 13.2 Å². The van der Waals surface area contributed by atoms with Crippen molar-refractivity contribution in [1.29, 1.82) is 0 Å². The van der Waals surface area contributed by atoms with Crippen LogP contribution < -0.4 is 0 Å². The fourth-order valence-corrected chi connectivity index (χ4v) is 1.37. The molecular formula is C10H14O2. The lowest BCUT2D eigenvalue weighted by molar-refractivity contribution is -0.121. The number of carbonyl (C=O) groups is 1. The van der Waals surface area contributed by atoms with Crippen molar-refractivity contribution in [3.05, 3.63) is 23.5 Å². The van der Waals surface area contributed by atoms with E-state index in [-0.39, 0.29) is 5.78 Å². The van der Waals surface area contributed by atoms with E-state index in [9.17, 15) is 4.79 Å². The lowest BCUT2D eigenvalue weighted by Crippen LogP contribution is -2.26. The van der Waals surface area contributed by atoms with Crippen molar-refractivity contribution in [3.63, 3.8) is 0 Å². The molecule has 0 aromatic carbocycles. The van der Waals surface area contributed by atoms with Gasteiger partial charge in [0.1, 0.15) is 5.76 Å². The number of Topliss-reactive ketones (excluding diaryl/α,β-unsaturated/α-hetero) is 1. The number of methoxy groups -OCH3 is 1. The van der Waals surface area contributed by atoms with Gasteiger partial charge in [0.2, 0.25) is 0 Å². The molecule has 12 heavy (non-hydrogen) atoms.